The maximum absolute atomic E-state index is 13.3. The Labute approximate surface area is 200 Å². The summed E-state index contributed by atoms with van der Waals surface area (Å²) >= 11 is 0. The molecule has 0 spiro atoms. The van der Waals surface area contributed by atoms with Gasteiger partial charge in [-0.3, -0.25) is 9.10 Å². The van der Waals surface area contributed by atoms with E-state index in [2.05, 4.69) is 5.32 Å². The minimum Gasteiger partial charge on any atom is -0.491 e. The first-order valence-corrected chi connectivity index (χ1v) is 12.8. The Morgan fingerprint density at radius 1 is 1.00 bits per heavy atom. The predicted molar refractivity (Wildman–Crippen MR) is 131 cm³/mol. The fourth-order valence-corrected chi connectivity index (χ4v) is 5.31. The third kappa shape index (κ3) is 5.69. The molecule has 4 rings (SSSR count). The molecule has 7 nitrogen and oxygen atoms in total. The summed E-state index contributed by atoms with van der Waals surface area (Å²) in [5.41, 5.74) is 2.01. The minimum absolute atomic E-state index is 0.0815. The van der Waals surface area contributed by atoms with Crippen molar-refractivity contribution in [2.24, 2.45) is 0 Å². The second-order valence-corrected chi connectivity index (χ2v) is 10.3. The highest BCUT2D eigenvalue weighted by Gasteiger charge is 2.36. The molecule has 34 heavy (non-hydrogen) atoms. The topological polar surface area (TPSA) is 84.9 Å². The van der Waals surface area contributed by atoms with Gasteiger partial charge in [-0.1, -0.05) is 54.6 Å². The standard InChI is InChI=1S/C26H28N2O5S/c1-19(2)32-22-14-12-20(13-15-22)16-27-26(29)25-17-28(23-10-6-7-11-24(23)33-25)34(30,31)18-21-8-4-3-5-9-21/h3-15,19,25H,16-18H2,1-2H3,(H,27,29)/t25-/m1/s1. The van der Waals surface area contributed by atoms with Crippen molar-refractivity contribution in [2.45, 2.75) is 38.4 Å². The van der Waals surface area contributed by atoms with E-state index >= 15 is 0 Å². The van der Waals surface area contributed by atoms with Gasteiger partial charge in [-0.25, -0.2) is 8.42 Å². The number of hydrogen-bond donors (Lipinski definition) is 1. The van der Waals surface area contributed by atoms with Crippen molar-refractivity contribution in [3.8, 4) is 11.5 Å². The van der Waals surface area contributed by atoms with Gasteiger partial charge in [0.05, 0.1) is 24.1 Å². The van der Waals surface area contributed by atoms with Crippen LogP contribution in [0.25, 0.3) is 0 Å². The minimum atomic E-state index is -3.74. The fourth-order valence-electron chi connectivity index (χ4n) is 3.73. The van der Waals surface area contributed by atoms with Crippen LogP contribution in [0.5, 0.6) is 11.5 Å². The Hall–Kier alpha value is -3.52. The largest absolute Gasteiger partial charge is 0.491 e. The molecule has 1 amide bonds. The lowest BCUT2D eigenvalue weighted by molar-refractivity contribution is -0.127. The molecule has 1 N–H and O–H groups in total. The molecule has 0 fully saturated rings. The third-order valence-corrected chi connectivity index (χ3v) is 7.03. The molecule has 1 aliphatic rings. The zero-order chi connectivity index (χ0) is 24.1. The van der Waals surface area contributed by atoms with E-state index in [0.717, 1.165) is 11.3 Å². The SMILES string of the molecule is CC(C)Oc1ccc(CNC(=O)[C@H]2CN(S(=O)(=O)Cc3ccccc3)c3ccccc3O2)cc1. The lowest BCUT2D eigenvalue weighted by Crippen LogP contribution is -2.50. The lowest BCUT2D eigenvalue weighted by atomic mass is 10.2. The van der Waals surface area contributed by atoms with Gasteiger partial charge in [0, 0.05) is 6.54 Å². The molecule has 1 aliphatic heterocycles. The molecule has 0 bridgehead atoms. The first kappa shape index (κ1) is 23.6. The van der Waals surface area contributed by atoms with Gasteiger partial charge in [0.15, 0.2) is 6.10 Å². The van der Waals surface area contributed by atoms with Gasteiger partial charge in [-0.15, -0.1) is 0 Å². The van der Waals surface area contributed by atoms with Crippen LogP contribution in [0.3, 0.4) is 0 Å². The fraction of sp³-hybridized carbons (Fsp3) is 0.269. The molecule has 0 radical (unpaired) electrons. The van der Waals surface area contributed by atoms with Crippen LogP contribution in [0.1, 0.15) is 25.0 Å². The van der Waals surface area contributed by atoms with Crippen LogP contribution in [0.4, 0.5) is 5.69 Å². The van der Waals surface area contributed by atoms with Gasteiger partial charge < -0.3 is 14.8 Å². The summed E-state index contributed by atoms with van der Waals surface area (Å²) in [7, 11) is -3.74. The number of fused-ring (bicyclic) bond motifs is 1. The van der Waals surface area contributed by atoms with Gasteiger partial charge in [0.2, 0.25) is 10.0 Å². The molecule has 3 aromatic carbocycles. The van der Waals surface area contributed by atoms with Gasteiger partial charge in [0.25, 0.3) is 5.91 Å². The van der Waals surface area contributed by atoms with Crippen LogP contribution in [0, 0.1) is 0 Å². The molecule has 178 valence electrons. The van der Waals surface area contributed by atoms with Crippen molar-refractivity contribution in [2.75, 3.05) is 10.8 Å². The molecule has 0 aliphatic carbocycles. The van der Waals surface area contributed by atoms with Crippen LogP contribution >= 0.6 is 0 Å². The number of benzene rings is 3. The molecule has 0 unspecified atom stereocenters. The molecule has 1 atom stereocenters. The summed E-state index contributed by atoms with van der Waals surface area (Å²) in [5.74, 6) is 0.579. The van der Waals surface area contributed by atoms with Crippen LogP contribution < -0.4 is 19.1 Å². The zero-order valence-corrected chi connectivity index (χ0v) is 20.0. The summed E-state index contributed by atoms with van der Waals surface area (Å²) in [6.07, 6.45) is -0.887. The highest BCUT2D eigenvalue weighted by Crippen LogP contribution is 2.35. The number of anilines is 1. The number of nitrogens with one attached hydrogen (secondary N) is 1. The van der Waals surface area contributed by atoms with E-state index in [9.17, 15) is 13.2 Å². The summed E-state index contributed by atoms with van der Waals surface area (Å²) in [6.45, 7) is 4.11. The van der Waals surface area contributed by atoms with Crippen LogP contribution in [-0.2, 0) is 27.1 Å². The maximum atomic E-state index is 13.3. The lowest BCUT2D eigenvalue weighted by Gasteiger charge is -2.34. The van der Waals surface area contributed by atoms with E-state index in [1.165, 1.54) is 4.31 Å². The second kappa shape index (κ2) is 10.2. The van der Waals surface area contributed by atoms with E-state index in [-0.39, 0.29) is 24.3 Å². The van der Waals surface area contributed by atoms with E-state index < -0.39 is 16.1 Å². The van der Waals surface area contributed by atoms with Crippen molar-refractivity contribution in [1.29, 1.82) is 0 Å². The van der Waals surface area contributed by atoms with Crippen molar-refractivity contribution in [1.82, 2.24) is 5.32 Å². The van der Waals surface area contributed by atoms with E-state index in [4.69, 9.17) is 9.47 Å². The molecular formula is C26H28N2O5S. The molecule has 0 saturated heterocycles. The molecule has 0 saturated carbocycles. The number of para-hydroxylation sites is 2. The number of rotatable bonds is 8. The quantitative estimate of drug-likeness (QED) is 0.529. The number of nitrogens with zero attached hydrogens (tertiary/aromatic N) is 1. The Morgan fingerprint density at radius 3 is 2.38 bits per heavy atom. The summed E-state index contributed by atoms with van der Waals surface area (Å²) in [4.78, 5) is 12.9. The normalized spacial score (nSPS) is 15.4. The summed E-state index contributed by atoms with van der Waals surface area (Å²) in [5, 5.41) is 2.86. The smallest absolute Gasteiger partial charge is 0.263 e. The third-order valence-electron chi connectivity index (χ3n) is 5.32. The van der Waals surface area contributed by atoms with Crippen LogP contribution in [-0.4, -0.2) is 33.1 Å². The molecule has 0 aromatic heterocycles. The first-order chi connectivity index (χ1) is 16.3. The average molecular weight is 481 g/mol. The maximum Gasteiger partial charge on any atom is 0.263 e. The van der Waals surface area contributed by atoms with Crippen molar-refractivity contribution in [3.63, 3.8) is 0 Å². The number of hydrogen-bond acceptors (Lipinski definition) is 5. The van der Waals surface area contributed by atoms with Crippen molar-refractivity contribution < 1.29 is 22.7 Å². The average Bonchev–Trinajstić information content (AvgIpc) is 2.82. The van der Waals surface area contributed by atoms with E-state index in [1.54, 1.807) is 48.5 Å². The van der Waals surface area contributed by atoms with Crippen LogP contribution in [0.15, 0.2) is 78.9 Å². The number of carbonyl (C=O) groups is 1. The van der Waals surface area contributed by atoms with Crippen molar-refractivity contribution >= 4 is 21.6 Å². The molecule has 8 heteroatoms. The summed E-state index contributed by atoms with van der Waals surface area (Å²) < 4.78 is 39.4. The zero-order valence-electron chi connectivity index (χ0n) is 19.2. The van der Waals surface area contributed by atoms with Crippen LogP contribution in [0.2, 0.25) is 0 Å². The molecule has 1 heterocycles. The monoisotopic (exact) mass is 480 g/mol. The van der Waals surface area contributed by atoms with Crippen molar-refractivity contribution in [3.05, 3.63) is 90.0 Å². The number of ether oxygens (including phenoxy) is 2. The highest BCUT2D eigenvalue weighted by molar-refractivity contribution is 7.92. The van der Waals surface area contributed by atoms with Gasteiger partial charge in [-0.05, 0) is 49.2 Å². The molecule has 3 aromatic rings. The predicted octanol–water partition coefficient (Wildman–Crippen LogP) is 3.89. The highest BCUT2D eigenvalue weighted by atomic mass is 32.2. The number of carbonyl (C=O) groups excluding carboxylic acids is 1. The Bertz CT molecular complexity index is 1230. The Balaban J connectivity index is 1.47. The van der Waals surface area contributed by atoms with Gasteiger partial charge >= 0.3 is 0 Å². The van der Waals surface area contributed by atoms with E-state index in [0.29, 0.717) is 23.5 Å². The van der Waals surface area contributed by atoms with Gasteiger partial charge in [0.1, 0.15) is 11.5 Å². The molecular weight excluding hydrogens is 452 g/mol. The Kier molecular flexibility index (Phi) is 7.07. The second-order valence-electron chi connectivity index (χ2n) is 8.38. The first-order valence-electron chi connectivity index (χ1n) is 11.1. The number of sulfonamides is 1. The van der Waals surface area contributed by atoms with E-state index in [1.807, 2.05) is 44.2 Å². The Morgan fingerprint density at radius 2 is 1.68 bits per heavy atom. The number of amides is 1. The summed E-state index contributed by atoms with van der Waals surface area (Å²) in [6, 6.07) is 23.3. The van der Waals surface area contributed by atoms with Gasteiger partial charge in [-0.2, -0.15) is 0 Å².